The first-order valence-electron chi connectivity index (χ1n) is 9.59. The molecule has 1 fully saturated rings. The zero-order chi connectivity index (χ0) is 23.0. The maximum atomic E-state index is 14.3. The molecular weight excluding hydrogens is 438 g/mol. The van der Waals surface area contributed by atoms with Crippen molar-refractivity contribution in [2.45, 2.75) is 19.4 Å². The summed E-state index contributed by atoms with van der Waals surface area (Å²) < 4.78 is 27.9. The maximum Gasteiger partial charge on any atom is 0.325 e. The Kier molecular flexibility index (Phi) is 5.47. The minimum absolute atomic E-state index is 0.315. The van der Waals surface area contributed by atoms with Crippen LogP contribution < -0.4 is 10.6 Å². The number of hydrogen-bond donors (Lipinski definition) is 2. The molecular formula is C22H18F2N4O3S. The summed E-state index contributed by atoms with van der Waals surface area (Å²) in [5.74, 6) is -3.07. The van der Waals surface area contributed by atoms with Crippen LogP contribution in [0.3, 0.4) is 0 Å². The lowest BCUT2D eigenvalue weighted by molar-refractivity contribution is -0.133. The number of imide groups is 1. The van der Waals surface area contributed by atoms with Gasteiger partial charge in [0.05, 0.1) is 10.7 Å². The smallest absolute Gasteiger partial charge is 0.325 e. The van der Waals surface area contributed by atoms with Crippen molar-refractivity contribution in [3.63, 3.8) is 0 Å². The largest absolute Gasteiger partial charge is 0.325 e. The highest BCUT2D eigenvalue weighted by molar-refractivity contribution is 7.09. The molecule has 1 aromatic heterocycles. The van der Waals surface area contributed by atoms with Crippen LogP contribution in [0, 0.1) is 18.6 Å². The van der Waals surface area contributed by atoms with Gasteiger partial charge < -0.3 is 10.6 Å². The second-order valence-corrected chi connectivity index (χ2v) is 8.51. The number of halogens is 2. The number of thiazole rings is 1. The average Bonchev–Trinajstić information content (AvgIpc) is 3.27. The molecule has 4 rings (SSSR count). The average molecular weight is 456 g/mol. The number of hydrogen-bond acceptors (Lipinski definition) is 5. The molecule has 0 radical (unpaired) electrons. The summed E-state index contributed by atoms with van der Waals surface area (Å²) in [5.41, 5.74) is -0.109. The Bertz CT molecular complexity index is 1250. The summed E-state index contributed by atoms with van der Waals surface area (Å²) in [6, 6.07) is 8.75. The quantitative estimate of drug-likeness (QED) is 0.572. The van der Waals surface area contributed by atoms with Gasteiger partial charge in [-0.25, -0.2) is 18.6 Å². The molecule has 0 bridgehead atoms. The molecule has 1 aliphatic heterocycles. The Morgan fingerprint density at radius 3 is 2.72 bits per heavy atom. The van der Waals surface area contributed by atoms with Gasteiger partial charge in [-0.2, -0.15) is 0 Å². The summed E-state index contributed by atoms with van der Waals surface area (Å²) in [6.07, 6.45) is 0. The highest BCUT2D eigenvalue weighted by atomic mass is 32.1. The van der Waals surface area contributed by atoms with Crippen molar-refractivity contribution >= 4 is 34.9 Å². The highest BCUT2D eigenvalue weighted by Crippen LogP contribution is 2.31. The van der Waals surface area contributed by atoms with Gasteiger partial charge >= 0.3 is 6.03 Å². The number of anilines is 1. The number of nitrogens with one attached hydrogen (secondary N) is 2. The molecule has 0 spiro atoms. The summed E-state index contributed by atoms with van der Waals surface area (Å²) in [7, 11) is 0. The summed E-state index contributed by atoms with van der Waals surface area (Å²) in [5, 5.41) is 7.81. The number of carbonyl (C=O) groups excluding carboxylic acids is 3. The Balaban J connectivity index is 1.50. The molecule has 7 nitrogen and oxygen atoms in total. The van der Waals surface area contributed by atoms with Gasteiger partial charge in [0.15, 0.2) is 0 Å². The summed E-state index contributed by atoms with van der Waals surface area (Å²) in [4.78, 5) is 42.9. The molecule has 0 saturated carbocycles. The van der Waals surface area contributed by atoms with E-state index < -0.39 is 41.6 Å². The van der Waals surface area contributed by atoms with Crippen molar-refractivity contribution in [2.75, 3.05) is 11.9 Å². The molecule has 2 heterocycles. The lowest BCUT2D eigenvalue weighted by Crippen LogP contribution is -2.42. The van der Waals surface area contributed by atoms with Gasteiger partial charge in [-0.1, -0.05) is 12.1 Å². The number of amides is 4. The molecule has 1 aliphatic rings. The highest BCUT2D eigenvalue weighted by Gasteiger charge is 2.50. The number of nitrogens with zero attached hydrogens (tertiary/aromatic N) is 2. The zero-order valence-electron chi connectivity index (χ0n) is 17.1. The van der Waals surface area contributed by atoms with E-state index in [1.54, 1.807) is 18.2 Å². The first-order valence-corrected chi connectivity index (χ1v) is 10.5. The van der Waals surface area contributed by atoms with Crippen LogP contribution in [0.5, 0.6) is 0 Å². The van der Waals surface area contributed by atoms with E-state index in [0.29, 0.717) is 10.6 Å². The molecule has 0 aliphatic carbocycles. The molecule has 1 unspecified atom stereocenters. The molecule has 32 heavy (non-hydrogen) atoms. The molecule has 2 N–H and O–H groups in total. The van der Waals surface area contributed by atoms with E-state index in [1.165, 1.54) is 18.3 Å². The Morgan fingerprint density at radius 1 is 1.22 bits per heavy atom. The number of rotatable bonds is 5. The van der Waals surface area contributed by atoms with Crippen molar-refractivity contribution in [1.82, 2.24) is 15.2 Å². The number of carbonyl (C=O) groups is 3. The van der Waals surface area contributed by atoms with E-state index in [4.69, 9.17) is 0 Å². The van der Waals surface area contributed by atoms with Gasteiger partial charge in [-0.3, -0.25) is 14.5 Å². The van der Waals surface area contributed by atoms with Crippen molar-refractivity contribution in [1.29, 1.82) is 0 Å². The van der Waals surface area contributed by atoms with Gasteiger partial charge in [0.1, 0.15) is 23.7 Å². The first kappa shape index (κ1) is 21.6. The van der Waals surface area contributed by atoms with Crippen LogP contribution in [0.1, 0.15) is 17.5 Å². The summed E-state index contributed by atoms with van der Waals surface area (Å²) >= 11 is 1.50. The Labute approximate surface area is 186 Å². The number of aryl methyl sites for hydroxylation is 1. The third kappa shape index (κ3) is 3.96. The van der Waals surface area contributed by atoms with Crippen LogP contribution >= 0.6 is 11.3 Å². The van der Waals surface area contributed by atoms with E-state index >= 15 is 0 Å². The van der Waals surface area contributed by atoms with E-state index in [1.807, 2.05) is 18.4 Å². The fourth-order valence-corrected chi connectivity index (χ4v) is 4.12. The normalized spacial score (nSPS) is 18.1. The lowest BCUT2D eigenvalue weighted by atomic mass is 9.91. The van der Waals surface area contributed by atoms with E-state index in [0.717, 1.165) is 34.5 Å². The predicted molar refractivity (Wildman–Crippen MR) is 115 cm³/mol. The van der Waals surface area contributed by atoms with Gasteiger partial charge in [-0.05, 0) is 44.2 Å². The number of aromatic nitrogens is 1. The van der Waals surface area contributed by atoms with E-state index in [-0.39, 0.29) is 5.56 Å². The Hall–Kier alpha value is -3.66. The first-order chi connectivity index (χ1) is 15.2. The van der Waals surface area contributed by atoms with Gasteiger partial charge in [-0.15, -0.1) is 11.3 Å². The van der Waals surface area contributed by atoms with E-state index in [2.05, 4.69) is 15.6 Å². The van der Waals surface area contributed by atoms with Crippen LogP contribution in [0.25, 0.3) is 11.3 Å². The molecule has 10 heteroatoms. The fourth-order valence-electron chi connectivity index (χ4n) is 3.50. The van der Waals surface area contributed by atoms with Gasteiger partial charge in [0.25, 0.3) is 5.91 Å². The molecule has 164 valence electrons. The molecule has 2 aromatic carbocycles. The molecule has 4 amide bonds. The lowest BCUT2D eigenvalue weighted by Gasteiger charge is -2.22. The van der Waals surface area contributed by atoms with Crippen LogP contribution in [-0.4, -0.2) is 34.3 Å². The second-order valence-electron chi connectivity index (χ2n) is 7.45. The summed E-state index contributed by atoms with van der Waals surface area (Å²) in [6.45, 7) is 2.57. The fraction of sp³-hybridized carbons (Fsp3) is 0.182. The van der Waals surface area contributed by atoms with Crippen LogP contribution in [-0.2, 0) is 15.1 Å². The van der Waals surface area contributed by atoms with Crippen molar-refractivity contribution in [2.24, 2.45) is 0 Å². The van der Waals surface area contributed by atoms with E-state index in [9.17, 15) is 23.2 Å². The van der Waals surface area contributed by atoms with Crippen LogP contribution in [0.15, 0.2) is 47.8 Å². The maximum absolute atomic E-state index is 14.3. The number of benzene rings is 2. The SMILES string of the molecule is Cc1nc(-c2cccc(NC(=O)CN3C(=O)NC(C)(c4cc(F)ccc4F)C3=O)c2)cs1. The van der Waals surface area contributed by atoms with Crippen molar-refractivity contribution in [3.05, 3.63) is 70.1 Å². The van der Waals surface area contributed by atoms with Crippen molar-refractivity contribution < 1.29 is 23.2 Å². The monoisotopic (exact) mass is 456 g/mol. The minimum Gasteiger partial charge on any atom is -0.325 e. The predicted octanol–water partition coefficient (Wildman–Crippen LogP) is 3.80. The van der Waals surface area contributed by atoms with Crippen molar-refractivity contribution in [3.8, 4) is 11.3 Å². The standard InChI is InChI=1S/C22H18F2N4O3S/c1-12-25-18(11-32-12)13-4-3-5-15(8-13)26-19(29)10-28-20(30)22(2,27-21(28)31)16-9-14(23)6-7-17(16)24/h3-9,11H,10H2,1-2H3,(H,26,29)(H,27,31). The molecule has 3 aromatic rings. The second kappa shape index (κ2) is 8.12. The van der Waals surface area contributed by atoms with Crippen LogP contribution in [0.2, 0.25) is 0 Å². The van der Waals surface area contributed by atoms with Gasteiger partial charge in [0.2, 0.25) is 5.91 Å². The third-order valence-corrected chi connectivity index (χ3v) is 5.88. The van der Waals surface area contributed by atoms with Crippen LogP contribution in [0.4, 0.5) is 19.3 Å². The minimum atomic E-state index is -1.83. The molecule has 1 saturated heterocycles. The molecule has 1 atom stereocenters. The topological polar surface area (TPSA) is 91.4 Å². The zero-order valence-corrected chi connectivity index (χ0v) is 17.9. The van der Waals surface area contributed by atoms with Gasteiger partial charge in [0, 0.05) is 22.2 Å². The number of urea groups is 1. The Morgan fingerprint density at radius 2 is 2.00 bits per heavy atom. The third-order valence-electron chi connectivity index (χ3n) is 5.10.